The van der Waals surface area contributed by atoms with Crippen LogP contribution >= 0.6 is 0 Å². The van der Waals surface area contributed by atoms with Gasteiger partial charge >= 0.3 is 11.9 Å². The Morgan fingerprint density at radius 2 is 2.00 bits per heavy atom. The summed E-state index contributed by atoms with van der Waals surface area (Å²) in [6.45, 7) is 6.21. The summed E-state index contributed by atoms with van der Waals surface area (Å²) in [5.74, 6) is 0.549. The SMILES string of the molecule is Cc1ccc(OCCCC(=O)OCC2(CO)C/C(=C\CCCC(C)C)C(=O)O2)cc1. The topological polar surface area (TPSA) is 82.1 Å². The minimum Gasteiger partial charge on any atom is -0.494 e. The van der Waals surface area contributed by atoms with Gasteiger partial charge in [0.25, 0.3) is 0 Å². The molecule has 6 heteroatoms. The van der Waals surface area contributed by atoms with E-state index in [1.165, 1.54) is 0 Å². The van der Waals surface area contributed by atoms with E-state index in [9.17, 15) is 14.7 Å². The molecule has 1 aliphatic heterocycles. The molecular weight excluding hydrogens is 384 g/mol. The fourth-order valence-electron chi connectivity index (χ4n) is 3.21. The summed E-state index contributed by atoms with van der Waals surface area (Å²) in [5.41, 5.74) is 0.537. The second-order valence-electron chi connectivity index (χ2n) is 8.39. The van der Waals surface area contributed by atoms with Gasteiger partial charge in [-0.05, 0) is 44.2 Å². The molecule has 0 aliphatic carbocycles. The molecule has 0 spiro atoms. The minimum atomic E-state index is -1.17. The van der Waals surface area contributed by atoms with Crippen molar-refractivity contribution in [3.63, 3.8) is 0 Å². The van der Waals surface area contributed by atoms with E-state index in [1.807, 2.05) is 37.3 Å². The molecule has 1 heterocycles. The lowest BCUT2D eigenvalue weighted by atomic mass is 9.98. The van der Waals surface area contributed by atoms with Crippen molar-refractivity contribution in [3.05, 3.63) is 41.5 Å². The predicted molar refractivity (Wildman–Crippen MR) is 114 cm³/mol. The van der Waals surface area contributed by atoms with Crippen molar-refractivity contribution in [1.82, 2.24) is 0 Å². The average Bonchev–Trinajstić information content (AvgIpc) is 3.04. The molecule has 0 bridgehead atoms. The molecule has 1 aromatic carbocycles. The molecule has 1 fully saturated rings. The Hall–Kier alpha value is -2.34. The number of aliphatic hydroxyl groups excluding tert-OH is 1. The molecule has 0 amide bonds. The maximum atomic E-state index is 12.1. The van der Waals surface area contributed by atoms with Crippen molar-refractivity contribution >= 4 is 11.9 Å². The summed E-state index contributed by atoms with van der Waals surface area (Å²) < 4.78 is 16.3. The first kappa shape index (κ1) is 23.9. The van der Waals surface area contributed by atoms with E-state index < -0.39 is 17.5 Å². The maximum Gasteiger partial charge on any atom is 0.334 e. The van der Waals surface area contributed by atoms with Gasteiger partial charge in [-0.25, -0.2) is 4.79 Å². The number of ether oxygens (including phenoxy) is 3. The Morgan fingerprint density at radius 3 is 2.67 bits per heavy atom. The molecular formula is C24H34O6. The molecule has 1 atom stereocenters. The fraction of sp³-hybridized carbons (Fsp3) is 0.583. The number of aliphatic hydroxyl groups is 1. The summed E-state index contributed by atoms with van der Waals surface area (Å²) >= 11 is 0. The molecule has 0 radical (unpaired) electrons. The van der Waals surface area contributed by atoms with Crippen LogP contribution in [0.4, 0.5) is 0 Å². The Labute approximate surface area is 179 Å². The van der Waals surface area contributed by atoms with Crippen LogP contribution in [-0.2, 0) is 19.1 Å². The molecule has 6 nitrogen and oxygen atoms in total. The number of allylic oxidation sites excluding steroid dienone is 1. The van der Waals surface area contributed by atoms with Crippen LogP contribution in [0.5, 0.6) is 5.75 Å². The summed E-state index contributed by atoms with van der Waals surface area (Å²) in [7, 11) is 0. The third-order valence-electron chi connectivity index (χ3n) is 5.06. The zero-order valence-corrected chi connectivity index (χ0v) is 18.3. The van der Waals surface area contributed by atoms with E-state index in [4.69, 9.17) is 14.2 Å². The quantitative estimate of drug-likeness (QED) is 0.312. The van der Waals surface area contributed by atoms with Crippen LogP contribution in [0.3, 0.4) is 0 Å². The second-order valence-corrected chi connectivity index (χ2v) is 8.39. The first-order chi connectivity index (χ1) is 14.3. The van der Waals surface area contributed by atoms with Crippen molar-refractivity contribution < 1.29 is 28.9 Å². The van der Waals surface area contributed by atoms with Crippen LogP contribution in [0.2, 0.25) is 0 Å². The summed E-state index contributed by atoms with van der Waals surface area (Å²) in [6, 6.07) is 7.71. The Morgan fingerprint density at radius 1 is 1.27 bits per heavy atom. The number of carbonyl (C=O) groups excluding carboxylic acids is 2. The smallest absolute Gasteiger partial charge is 0.334 e. The summed E-state index contributed by atoms with van der Waals surface area (Å²) in [4.78, 5) is 24.2. The van der Waals surface area contributed by atoms with Gasteiger partial charge in [-0.2, -0.15) is 0 Å². The maximum absolute atomic E-state index is 12.1. The third kappa shape index (κ3) is 7.82. The number of carbonyl (C=O) groups is 2. The molecule has 30 heavy (non-hydrogen) atoms. The number of esters is 2. The normalized spacial score (nSPS) is 19.9. The molecule has 166 valence electrons. The first-order valence-corrected chi connectivity index (χ1v) is 10.7. The van der Waals surface area contributed by atoms with Gasteiger partial charge in [0.2, 0.25) is 0 Å². The Kier molecular flexibility index (Phi) is 9.37. The number of unbranched alkanes of at least 4 members (excludes halogenated alkanes) is 1. The average molecular weight is 419 g/mol. The number of aryl methyl sites for hydroxylation is 1. The Balaban J connectivity index is 1.71. The molecule has 1 aromatic rings. The fourth-order valence-corrected chi connectivity index (χ4v) is 3.21. The van der Waals surface area contributed by atoms with E-state index in [0.29, 0.717) is 24.5 Å². The lowest BCUT2D eigenvalue weighted by Gasteiger charge is -2.24. The van der Waals surface area contributed by atoms with Crippen molar-refractivity contribution in [2.75, 3.05) is 19.8 Å². The number of benzene rings is 1. The van der Waals surface area contributed by atoms with Crippen molar-refractivity contribution in [1.29, 1.82) is 0 Å². The highest BCUT2D eigenvalue weighted by molar-refractivity contribution is 5.91. The molecule has 1 unspecified atom stereocenters. The second kappa shape index (κ2) is 11.7. The van der Waals surface area contributed by atoms with Gasteiger partial charge in [-0.15, -0.1) is 0 Å². The van der Waals surface area contributed by atoms with Crippen LogP contribution in [0.25, 0.3) is 0 Å². The standard InChI is InChI=1S/C24H34O6/c1-18(2)7-4-5-8-20-15-24(16-25,30-23(20)27)17-29-22(26)9-6-14-28-21-12-10-19(3)11-13-21/h8,10-13,18,25H,4-7,9,14-17H2,1-3H3/b20-8+. The highest BCUT2D eigenvalue weighted by Crippen LogP contribution is 2.31. The lowest BCUT2D eigenvalue weighted by molar-refractivity contribution is -0.166. The van der Waals surface area contributed by atoms with Crippen LogP contribution in [0.1, 0.15) is 57.9 Å². The van der Waals surface area contributed by atoms with E-state index in [2.05, 4.69) is 13.8 Å². The van der Waals surface area contributed by atoms with E-state index >= 15 is 0 Å². The van der Waals surface area contributed by atoms with Gasteiger partial charge in [0.05, 0.1) is 13.2 Å². The summed E-state index contributed by atoms with van der Waals surface area (Å²) in [6.07, 6.45) is 5.74. The lowest BCUT2D eigenvalue weighted by Crippen LogP contribution is -2.39. The summed E-state index contributed by atoms with van der Waals surface area (Å²) in [5, 5.41) is 9.75. The number of cyclic esters (lactones) is 1. The van der Waals surface area contributed by atoms with Crippen LogP contribution < -0.4 is 4.74 Å². The number of hydrogen-bond acceptors (Lipinski definition) is 6. The molecule has 0 saturated carbocycles. The van der Waals surface area contributed by atoms with E-state index in [0.717, 1.165) is 30.6 Å². The van der Waals surface area contributed by atoms with E-state index in [1.54, 1.807) is 0 Å². The molecule has 1 N–H and O–H groups in total. The number of rotatable bonds is 12. The zero-order valence-electron chi connectivity index (χ0n) is 18.3. The number of hydrogen-bond donors (Lipinski definition) is 1. The predicted octanol–water partition coefficient (Wildman–Crippen LogP) is 4.13. The minimum absolute atomic E-state index is 0.143. The van der Waals surface area contributed by atoms with Gasteiger partial charge in [-0.1, -0.05) is 44.0 Å². The van der Waals surface area contributed by atoms with Crippen LogP contribution in [0, 0.1) is 12.8 Å². The van der Waals surface area contributed by atoms with Gasteiger partial charge in [-0.3, -0.25) is 4.79 Å². The highest BCUT2D eigenvalue weighted by Gasteiger charge is 2.44. The zero-order chi connectivity index (χ0) is 22.0. The largest absolute Gasteiger partial charge is 0.494 e. The molecule has 1 saturated heterocycles. The molecule has 2 rings (SSSR count). The van der Waals surface area contributed by atoms with Crippen LogP contribution in [-0.4, -0.2) is 42.5 Å². The van der Waals surface area contributed by atoms with Crippen LogP contribution in [0.15, 0.2) is 35.9 Å². The monoisotopic (exact) mass is 418 g/mol. The van der Waals surface area contributed by atoms with E-state index in [-0.39, 0.29) is 26.1 Å². The van der Waals surface area contributed by atoms with Crippen molar-refractivity contribution in [2.45, 2.75) is 64.9 Å². The Bertz CT molecular complexity index is 722. The van der Waals surface area contributed by atoms with Gasteiger partial charge < -0.3 is 19.3 Å². The van der Waals surface area contributed by atoms with Gasteiger partial charge in [0.1, 0.15) is 12.4 Å². The van der Waals surface area contributed by atoms with Gasteiger partial charge in [0.15, 0.2) is 5.60 Å². The molecule has 0 aromatic heterocycles. The third-order valence-corrected chi connectivity index (χ3v) is 5.06. The highest BCUT2D eigenvalue weighted by atomic mass is 16.6. The molecule has 1 aliphatic rings. The van der Waals surface area contributed by atoms with Crippen molar-refractivity contribution in [3.8, 4) is 5.75 Å². The van der Waals surface area contributed by atoms with Gasteiger partial charge in [0, 0.05) is 18.4 Å². The first-order valence-electron chi connectivity index (χ1n) is 10.7. The van der Waals surface area contributed by atoms with Crippen molar-refractivity contribution in [2.24, 2.45) is 5.92 Å².